The van der Waals surface area contributed by atoms with Gasteiger partial charge in [-0.2, -0.15) is 5.10 Å². The van der Waals surface area contributed by atoms with Gasteiger partial charge >= 0.3 is 0 Å². The average Bonchev–Trinajstić information content (AvgIpc) is 3.11. The van der Waals surface area contributed by atoms with Gasteiger partial charge in [0, 0.05) is 54.6 Å². The first-order valence-corrected chi connectivity index (χ1v) is 11.5. The summed E-state index contributed by atoms with van der Waals surface area (Å²) in [7, 11) is 0. The Morgan fingerprint density at radius 1 is 1.14 bits per heavy atom. The van der Waals surface area contributed by atoms with Crippen LogP contribution in [0.4, 0.5) is 23.1 Å². The van der Waals surface area contributed by atoms with Crippen LogP contribution in [0, 0.1) is 6.92 Å². The molecule has 0 aromatic carbocycles. The summed E-state index contributed by atoms with van der Waals surface area (Å²) in [6.45, 7) is 3.48. The summed E-state index contributed by atoms with van der Waals surface area (Å²) < 4.78 is 1.71. The summed E-state index contributed by atoms with van der Waals surface area (Å²) in [6, 6.07) is 5.79. The van der Waals surface area contributed by atoms with Gasteiger partial charge in [0.1, 0.15) is 18.2 Å². The summed E-state index contributed by atoms with van der Waals surface area (Å²) in [4.78, 5) is 25.4. The molecule has 0 saturated carbocycles. The number of rotatable bonds is 3. The molecule has 0 radical (unpaired) electrons. The molecule has 6 rings (SSSR count). The van der Waals surface area contributed by atoms with E-state index in [-0.39, 0.29) is 12.5 Å². The molecule has 2 aliphatic rings. The van der Waals surface area contributed by atoms with E-state index in [1.807, 2.05) is 25.1 Å². The maximum Gasteiger partial charge on any atom is 0.241 e. The predicted octanol–water partition coefficient (Wildman–Crippen LogP) is 2.04. The van der Waals surface area contributed by atoms with Crippen molar-refractivity contribution < 1.29 is 9.90 Å². The Labute approximate surface area is 200 Å². The van der Waals surface area contributed by atoms with Crippen molar-refractivity contribution in [3.05, 3.63) is 47.5 Å². The molecule has 0 spiro atoms. The van der Waals surface area contributed by atoms with E-state index in [9.17, 15) is 9.90 Å². The minimum Gasteiger partial charge on any atom is -0.387 e. The number of nitrogen functional groups attached to an aromatic ring is 1. The van der Waals surface area contributed by atoms with Crippen molar-refractivity contribution in [3.63, 3.8) is 0 Å². The molecule has 0 fully saturated rings. The molecule has 6 heterocycles. The van der Waals surface area contributed by atoms with E-state index in [2.05, 4.69) is 36.0 Å². The fourth-order valence-electron chi connectivity index (χ4n) is 4.71. The Kier molecular flexibility index (Phi) is 4.99. The third-order valence-corrected chi connectivity index (χ3v) is 6.54. The van der Waals surface area contributed by atoms with E-state index in [4.69, 9.17) is 5.73 Å². The molecule has 6 N–H and O–H groups in total. The lowest BCUT2D eigenvalue weighted by atomic mass is 9.98. The molecule has 35 heavy (non-hydrogen) atoms. The van der Waals surface area contributed by atoms with E-state index in [1.54, 1.807) is 17.1 Å². The van der Waals surface area contributed by atoms with Crippen molar-refractivity contribution in [2.75, 3.05) is 29.5 Å². The van der Waals surface area contributed by atoms with Crippen molar-refractivity contribution in [1.29, 1.82) is 0 Å². The Hall–Kier alpha value is -4.25. The number of nitrogens with two attached hydrogens (primary N) is 1. The zero-order chi connectivity index (χ0) is 24.1. The number of hydrogen-bond donors (Lipinski definition) is 5. The maximum absolute atomic E-state index is 11.8. The number of aliphatic hydroxyl groups excluding tert-OH is 1. The second-order valence-electron chi connectivity index (χ2n) is 8.88. The number of aliphatic hydroxyl groups is 1. The van der Waals surface area contributed by atoms with E-state index in [1.165, 1.54) is 0 Å². The van der Waals surface area contributed by atoms with E-state index in [0.29, 0.717) is 48.4 Å². The summed E-state index contributed by atoms with van der Waals surface area (Å²) in [6.07, 6.45) is 4.22. The number of fused-ring (bicyclic) bond motifs is 3. The number of hydrogen-bond acceptors (Lipinski definition) is 9. The first-order valence-electron chi connectivity index (χ1n) is 11.5. The van der Waals surface area contributed by atoms with Crippen LogP contribution in [0.2, 0.25) is 0 Å². The monoisotopic (exact) mass is 471 g/mol. The molecular formula is C24H25N9O2. The number of carbonyl (C=O) groups is 1. The second-order valence-corrected chi connectivity index (χ2v) is 8.88. The van der Waals surface area contributed by atoms with Crippen LogP contribution in [-0.4, -0.2) is 48.8 Å². The van der Waals surface area contributed by atoms with Gasteiger partial charge in [-0.1, -0.05) is 0 Å². The van der Waals surface area contributed by atoms with Gasteiger partial charge in [-0.25, -0.2) is 9.97 Å². The van der Waals surface area contributed by atoms with Crippen LogP contribution >= 0.6 is 0 Å². The van der Waals surface area contributed by atoms with Crippen molar-refractivity contribution in [2.24, 2.45) is 0 Å². The predicted molar refractivity (Wildman–Crippen MR) is 132 cm³/mol. The number of anilines is 4. The van der Waals surface area contributed by atoms with Crippen LogP contribution in [0.15, 0.2) is 30.6 Å². The summed E-state index contributed by atoms with van der Waals surface area (Å²) in [5.74, 6) is 1.57. The quantitative estimate of drug-likeness (QED) is 0.302. The molecule has 11 heteroatoms. The highest BCUT2D eigenvalue weighted by atomic mass is 16.3. The van der Waals surface area contributed by atoms with Crippen LogP contribution < -0.4 is 21.7 Å². The Bertz CT molecular complexity index is 1480. The molecule has 0 aliphatic carbocycles. The minimum absolute atomic E-state index is 0.0468. The van der Waals surface area contributed by atoms with Crippen LogP contribution in [-0.2, 0) is 17.8 Å². The standard InChI is InChI=1S/C24H25N9O2/c1-12-15(9-29-23-18(34)3-5-27-22(12)23)17-6-13-7-19(28-10-16(13)24(25)30-17)31-20-8-14-2-4-26-21(35)11-33(14)32-20/h6-10,18,27,34H,2-5,11H2,1H3,(H2,25,30)(H,26,35)(H,28,31,32)/t18-/m0/s1. The largest absolute Gasteiger partial charge is 0.387 e. The molecule has 11 nitrogen and oxygen atoms in total. The molecule has 0 saturated heterocycles. The molecule has 1 amide bonds. The molecule has 4 aromatic rings. The van der Waals surface area contributed by atoms with Crippen molar-refractivity contribution in [2.45, 2.75) is 32.4 Å². The first-order chi connectivity index (χ1) is 17.0. The van der Waals surface area contributed by atoms with Gasteiger partial charge in [-0.15, -0.1) is 0 Å². The number of aromatic nitrogens is 5. The number of amides is 1. The number of nitrogens with one attached hydrogen (secondary N) is 3. The smallest absolute Gasteiger partial charge is 0.241 e. The average molecular weight is 472 g/mol. The number of nitrogens with zero attached hydrogens (tertiary/aromatic N) is 5. The van der Waals surface area contributed by atoms with Gasteiger partial charge in [0.05, 0.1) is 23.2 Å². The van der Waals surface area contributed by atoms with E-state index >= 15 is 0 Å². The molecular weight excluding hydrogens is 446 g/mol. The third kappa shape index (κ3) is 3.79. The van der Waals surface area contributed by atoms with Gasteiger partial charge in [-0.3, -0.25) is 14.5 Å². The molecule has 0 bridgehead atoms. The summed E-state index contributed by atoms with van der Waals surface area (Å²) >= 11 is 0. The van der Waals surface area contributed by atoms with Gasteiger partial charge in [0.25, 0.3) is 0 Å². The minimum atomic E-state index is -0.569. The van der Waals surface area contributed by atoms with Gasteiger partial charge in [0.15, 0.2) is 5.82 Å². The number of pyridine rings is 3. The van der Waals surface area contributed by atoms with Crippen LogP contribution in [0.25, 0.3) is 22.0 Å². The number of carbonyl (C=O) groups excluding carboxylic acids is 1. The van der Waals surface area contributed by atoms with E-state index in [0.717, 1.165) is 39.7 Å². The summed E-state index contributed by atoms with van der Waals surface area (Å²) in [5.41, 5.74) is 11.3. The third-order valence-electron chi connectivity index (χ3n) is 6.54. The Balaban J connectivity index is 1.35. The zero-order valence-electron chi connectivity index (χ0n) is 19.2. The van der Waals surface area contributed by atoms with Crippen molar-refractivity contribution in [1.82, 2.24) is 30.0 Å². The Morgan fingerprint density at radius 2 is 2.03 bits per heavy atom. The van der Waals surface area contributed by atoms with Crippen molar-refractivity contribution >= 4 is 39.8 Å². The van der Waals surface area contributed by atoms with Gasteiger partial charge in [-0.05, 0) is 36.4 Å². The first kappa shape index (κ1) is 21.3. The lowest BCUT2D eigenvalue weighted by molar-refractivity contribution is -0.121. The Morgan fingerprint density at radius 3 is 2.91 bits per heavy atom. The molecule has 4 aromatic heterocycles. The highest BCUT2D eigenvalue weighted by molar-refractivity contribution is 5.95. The summed E-state index contributed by atoms with van der Waals surface area (Å²) in [5, 5.41) is 25.8. The fraction of sp³-hybridized carbons (Fsp3) is 0.292. The molecule has 2 aliphatic heterocycles. The zero-order valence-corrected chi connectivity index (χ0v) is 19.2. The van der Waals surface area contributed by atoms with Crippen LogP contribution in [0.3, 0.4) is 0 Å². The second kappa shape index (κ2) is 8.20. The lowest BCUT2D eigenvalue weighted by Crippen LogP contribution is -2.25. The highest BCUT2D eigenvalue weighted by Gasteiger charge is 2.23. The molecule has 178 valence electrons. The normalized spacial score (nSPS) is 17.2. The van der Waals surface area contributed by atoms with Gasteiger partial charge in [0.2, 0.25) is 5.91 Å². The SMILES string of the molecule is Cc1c(-c2cc3cc(Nc4cc5n(n4)CC(=O)NCC5)ncc3c(N)n2)cnc2c1NCC[C@@H]2O. The van der Waals surface area contributed by atoms with E-state index < -0.39 is 6.10 Å². The van der Waals surface area contributed by atoms with Crippen molar-refractivity contribution in [3.8, 4) is 11.3 Å². The maximum atomic E-state index is 11.8. The van der Waals surface area contributed by atoms with Gasteiger partial charge < -0.3 is 26.8 Å². The van der Waals surface area contributed by atoms with Crippen LogP contribution in [0.5, 0.6) is 0 Å². The highest BCUT2D eigenvalue weighted by Crippen LogP contribution is 2.36. The van der Waals surface area contributed by atoms with Crippen LogP contribution in [0.1, 0.15) is 29.5 Å². The lowest BCUT2D eigenvalue weighted by Gasteiger charge is -2.24. The fourth-order valence-corrected chi connectivity index (χ4v) is 4.71. The molecule has 0 unspecified atom stereocenters. The topological polar surface area (TPSA) is 156 Å². The molecule has 1 atom stereocenters.